The number of nitrogens with one attached hydrogen (secondary N) is 2. The minimum atomic E-state index is 0.0858. The van der Waals surface area contributed by atoms with Gasteiger partial charge in [-0.25, -0.2) is 0 Å². The molecular formula is C20H30N6O2. The van der Waals surface area contributed by atoms with E-state index in [9.17, 15) is 4.79 Å². The molecule has 8 nitrogen and oxygen atoms in total. The molecular weight excluding hydrogens is 356 g/mol. The third-order valence-corrected chi connectivity index (χ3v) is 5.48. The summed E-state index contributed by atoms with van der Waals surface area (Å²) in [6.07, 6.45) is 1.70. The van der Waals surface area contributed by atoms with E-state index >= 15 is 0 Å². The fourth-order valence-corrected chi connectivity index (χ4v) is 4.02. The van der Waals surface area contributed by atoms with Crippen LogP contribution in [0.1, 0.15) is 32.4 Å². The van der Waals surface area contributed by atoms with Crippen LogP contribution in [0.3, 0.4) is 0 Å². The molecule has 2 N–H and O–H groups in total. The van der Waals surface area contributed by atoms with Crippen molar-refractivity contribution >= 4 is 28.7 Å². The van der Waals surface area contributed by atoms with Crippen molar-refractivity contribution in [2.75, 3.05) is 49.2 Å². The zero-order valence-corrected chi connectivity index (χ0v) is 17.0. The van der Waals surface area contributed by atoms with Gasteiger partial charge in [0.15, 0.2) is 0 Å². The van der Waals surface area contributed by atoms with E-state index in [1.807, 2.05) is 20.8 Å². The second-order valence-electron chi connectivity index (χ2n) is 8.09. The lowest BCUT2D eigenvalue weighted by Gasteiger charge is -2.34. The Hall–Kier alpha value is -2.35. The lowest BCUT2D eigenvalue weighted by atomic mass is 9.95. The van der Waals surface area contributed by atoms with Crippen molar-refractivity contribution in [1.82, 2.24) is 20.3 Å². The van der Waals surface area contributed by atoms with Crippen LogP contribution in [0.2, 0.25) is 0 Å². The largest absolute Gasteiger partial charge is 0.378 e. The van der Waals surface area contributed by atoms with Gasteiger partial charge in [0, 0.05) is 43.8 Å². The molecule has 1 amide bonds. The molecule has 4 rings (SSSR count). The van der Waals surface area contributed by atoms with E-state index in [-0.39, 0.29) is 17.9 Å². The number of carbonyl (C=O) groups excluding carboxylic acids is 1. The topological polar surface area (TPSA) is 86.4 Å². The van der Waals surface area contributed by atoms with Gasteiger partial charge in [-0.2, -0.15) is 9.97 Å². The van der Waals surface area contributed by atoms with Gasteiger partial charge in [0.2, 0.25) is 11.9 Å². The van der Waals surface area contributed by atoms with Gasteiger partial charge in [0.05, 0.1) is 18.6 Å². The number of rotatable bonds is 4. The fourth-order valence-electron chi connectivity index (χ4n) is 4.02. The predicted molar refractivity (Wildman–Crippen MR) is 110 cm³/mol. The fraction of sp³-hybridized carbons (Fsp3) is 0.650. The van der Waals surface area contributed by atoms with Crippen molar-refractivity contribution in [3.63, 3.8) is 0 Å². The number of hydrogen-bond acceptors (Lipinski definition) is 6. The Morgan fingerprint density at radius 1 is 1.18 bits per heavy atom. The van der Waals surface area contributed by atoms with E-state index in [0.29, 0.717) is 13.2 Å². The first-order valence-electron chi connectivity index (χ1n) is 10.3. The summed E-state index contributed by atoms with van der Waals surface area (Å²) in [5.74, 6) is 1.99. The van der Waals surface area contributed by atoms with Crippen molar-refractivity contribution in [1.29, 1.82) is 0 Å². The summed E-state index contributed by atoms with van der Waals surface area (Å²) >= 11 is 0. The maximum absolute atomic E-state index is 12.3. The lowest BCUT2D eigenvalue weighted by molar-refractivity contribution is -0.126. The molecule has 4 heterocycles. The number of amides is 1. The first-order valence-corrected chi connectivity index (χ1v) is 10.3. The Morgan fingerprint density at radius 2 is 1.89 bits per heavy atom. The van der Waals surface area contributed by atoms with E-state index in [1.54, 1.807) is 0 Å². The normalized spacial score (nSPS) is 18.9. The second-order valence-corrected chi connectivity index (χ2v) is 8.09. The van der Waals surface area contributed by atoms with Crippen molar-refractivity contribution in [3.05, 3.63) is 11.8 Å². The summed E-state index contributed by atoms with van der Waals surface area (Å²) in [7, 11) is 0. The summed E-state index contributed by atoms with van der Waals surface area (Å²) < 4.78 is 5.47. The zero-order valence-electron chi connectivity index (χ0n) is 17.0. The highest BCUT2D eigenvalue weighted by molar-refractivity contribution is 5.89. The monoisotopic (exact) mass is 386 g/mol. The van der Waals surface area contributed by atoms with Crippen LogP contribution in [0.5, 0.6) is 0 Å². The van der Waals surface area contributed by atoms with E-state index in [2.05, 4.69) is 26.2 Å². The number of morpholine rings is 1. The highest BCUT2D eigenvalue weighted by Crippen LogP contribution is 2.30. The van der Waals surface area contributed by atoms with Gasteiger partial charge in [-0.15, -0.1) is 0 Å². The quantitative estimate of drug-likeness (QED) is 0.834. The van der Waals surface area contributed by atoms with E-state index in [0.717, 1.165) is 67.5 Å². The standard InChI is InChI=1S/C20H30N6O2/c1-13(2)21-19(27)15-4-6-25(7-5-15)18-16-12-14(3)22-17(16)23-20(24-18)26-8-10-28-11-9-26/h12-13,15H,4-11H2,1-3H3,(H,21,27)(H,22,23,24). The maximum atomic E-state index is 12.3. The highest BCUT2D eigenvalue weighted by Gasteiger charge is 2.28. The number of aromatic nitrogens is 3. The van der Waals surface area contributed by atoms with Gasteiger partial charge in [0.1, 0.15) is 11.5 Å². The molecule has 0 saturated carbocycles. The molecule has 0 spiro atoms. The second kappa shape index (κ2) is 7.95. The summed E-state index contributed by atoms with van der Waals surface area (Å²) in [6, 6.07) is 2.30. The average molecular weight is 387 g/mol. The van der Waals surface area contributed by atoms with Crippen LogP contribution in [0.4, 0.5) is 11.8 Å². The van der Waals surface area contributed by atoms with Gasteiger partial charge in [-0.3, -0.25) is 4.79 Å². The molecule has 8 heteroatoms. The molecule has 0 unspecified atom stereocenters. The number of ether oxygens (including phenoxy) is 1. The molecule has 2 fully saturated rings. The van der Waals surface area contributed by atoms with Crippen molar-refractivity contribution in [3.8, 4) is 0 Å². The van der Waals surface area contributed by atoms with Crippen molar-refractivity contribution in [2.45, 2.75) is 39.7 Å². The molecule has 0 aliphatic carbocycles. The Kier molecular flexibility index (Phi) is 5.39. The number of piperidine rings is 1. The van der Waals surface area contributed by atoms with Crippen LogP contribution in [-0.2, 0) is 9.53 Å². The number of aryl methyl sites for hydroxylation is 1. The van der Waals surface area contributed by atoms with Crippen LogP contribution in [0.15, 0.2) is 6.07 Å². The average Bonchev–Trinajstić information content (AvgIpc) is 3.07. The molecule has 0 radical (unpaired) electrons. The number of H-pyrrole nitrogens is 1. The summed E-state index contributed by atoms with van der Waals surface area (Å²) in [6.45, 7) is 10.7. The third kappa shape index (κ3) is 3.92. The molecule has 152 valence electrons. The van der Waals surface area contributed by atoms with Crippen molar-refractivity contribution in [2.24, 2.45) is 5.92 Å². The van der Waals surface area contributed by atoms with Crippen LogP contribution in [0, 0.1) is 12.8 Å². The number of anilines is 2. The van der Waals surface area contributed by atoms with E-state index in [4.69, 9.17) is 14.7 Å². The first-order chi connectivity index (χ1) is 13.5. The van der Waals surface area contributed by atoms with Gasteiger partial charge in [-0.05, 0) is 39.7 Å². The van der Waals surface area contributed by atoms with Crippen LogP contribution < -0.4 is 15.1 Å². The van der Waals surface area contributed by atoms with Gasteiger partial charge in [0.25, 0.3) is 0 Å². The van der Waals surface area contributed by atoms with Gasteiger partial charge < -0.3 is 24.8 Å². The highest BCUT2D eigenvalue weighted by atomic mass is 16.5. The predicted octanol–water partition coefficient (Wildman–Crippen LogP) is 1.84. The maximum Gasteiger partial charge on any atom is 0.229 e. The number of aromatic amines is 1. The zero-order chi connectivity index (χ0) is 19.7. The SMILES string of the molecule is Cc1cc2c(N3CCC(C(=O)NC(C)C)CC3)nc(N3CCOCC3)nc2[nH]1. The molecule has 0 bridgehead atoms. The molecule has 2 aromatic rings. The molecule has 28 heavy (non-hydrogen) atoms. The minimum Gasteiger partial charge on any atom is -0.378 e. The molecule has 2 aromatic heterocycles. The van der Waals surface area contributed by atoms with Crippen LogP contribution in [0.25, 0.3) is 11.0 Å². The minimum absolute atomic E-state index is 0.0858. The Balaban J connectivity index is 1.57. The van der Waals surface area contributed by atoms with Crippen LogP contribution >= 0.6 is 0 Å². The Labute approximate surface area is 165 Å². The van der Waals surface area contributed by atoms with Crippen molar-refractivity contribution < 1.29 is 9.53 Å². The number of nitrogens with zero attached hydrogens (tertiary/aromatic N) is 4. The van der Waals surface area contributed by atoms with E-state index < -0.39 is 0 Å². The molecule has 2 aliphatic rings. The lowest BCUT2D eigenvalue weighted by Crippen LogP contribution is -2.43. The Bertz CT molecular complexity index is 835. The van der Waals surface area contributed by atoms with Crippen LogP contribution in [-0.4, -0.2) is 66.3 Å². The molecule has 2 saturated heterocycles. The number of fused-ring (bicyclic) bond motifs is 1. The van der Waals surface area contributed by atoms with E-state index in [1.165, 1.54) is 0 Å². The molecule has 0 atom stereocenters. The summed E-state index contributed by atoms with van der Waals surface area (Å²) in [4.78, 5) is 29.9. The van der Waals surface area contributed by atoms with Gasteiger partial charge in [-0.1, -0.05) is 0 Å². The number of hydrogen-bond donors (Lipinski definition) is 2. The first kappa shape index (κ1) is 19.0. The summed E-state index contributed by atoms with van der Waals surface area (Å²) in [5, 5.41) is 4.10. The third-order valence-electron chi connectivity index (χ3n) is 5.48. The molecule has 0 aromatic carbocycles. The Morgan fingerprint density at radius 3 is 2.57 bits per heavy atom. The molecule has 2 aliphatic heterocycles. The smallest absolute Gasteiger partial charge is 0.229 e. The number of carbonyl (C=O) groups is 1. The summed E-state index contributed by atoms with van der Waals surface area (Å²) in [5.41, 5.74) is 1.96. The van der Waals surface area contributed by atoms with Gasteiger partial charge >= 0.3 is 0 Å².